The summed E-state index contributed by atoms with van der Waals surface area (Å²) in [7, 11) is 0. The van der Waals surface area contributed by atoms with Crippen molar-refractivity contribution >= 4 is 33.1 Å². The molecule has 0 saturated heterocycles. The molecule has 146 valence electrons. The highest BCUT2D eigenvalue weighted by Gasteiger charge is 2.22. The highest BCUT2D eigenvalue weighted by Crippen LogP contribution is 2.30. The van der Waals surface area contributed by atoms with Crippen LogP contribution in [0.15, 0.2) is 53.5 Å². The van der Waals surface area contributed by atoms with Crippen LogP contribution in [0.4, 0.5) is 0 Å². The van der Waals surface area contributed by atoms with Gasteiger partial charge in [0, 0.05) is 6.20 Å². The van der Waals surface area contributed by atoms with E-state index in [0.29, 0.717) is 45.4 Å². The SMILES string of the molecule is Cc1cccn2c(=O)c3cc(C(=O)NCC4COc5ccccc5O4)sc3nc12. The van der Waals surface area contributed by atoms with Gasteiger partial charge in [-0.2, -0.15) is 0 Å². The Hall–Kier alpha value is -3.39. The normalized spacial score (nSPS) is 15.6. The molecule has 1 aliphatic heterocycles. The van der Waals surface area contributed by atoms with Crippen LogP contribution in [0, 0.1) is 6.92 Å². The smallest absolute Gasteiger partial charge is 0.266 e. The van der Waals surface area contributed by atoms with Gasteiger partial charge in [-0.05, 0) is 36.8 Å². The molecule has 0 aliphatic carbocycles. The van der Waals surface area contributed by atoms with E-state index >= 15 is 0 Å². The molecule has 1 aromatic carbocycles. The van der Waals surface area contributed by atoms with E-state index in [1.165, 1.54) is 15.7 Å². The fourth-order valence-electron chi connectivity index (χ4n) is 3.33. The van der Waals surface area contributed by atoms with Crippen LogP contribution in [0.3, 0.4) is 0 Å². The van der Waals surface area contributed by atoms with E-state index in [-0.39, 0.29) is 17.6 Å². The van der Waals surface area contributed by atoms with Crippen molar-refractivity contribution in [3.8, 4) is 11.5 Å². The number of nitrogens with zero attached hydrogens (tertiary/aromatic N) is 2. The second kappa shape index (κ2) is 6.89. The van der Waals surface area contributed by atoms with Crippen molar-refractivity contribution in [2.75, 3.05) is 13.2 Å². The van der Waals surface area contributed by atoms with Crippen LogP contribution >= 0.6 is 11.3 Å². The number of para-hydroxylation sites is 2. The van der Waals surface area contributed by atoms with Crippen molar-refractivity contribution < 1.29 is 14.3 Å². The lowest BCUT2D eigenvalue weighted by atomic mass is 10.2. The number of nitrogens with one attached hydrogen (secondary N) is 1. The standard InChI is InChI=1S/C21H17N3O4S/c1-12-5-4-8-24-18(12)23-20-14(21(24)26)9-17(29-20)19(25)22-10-13-11-27-15-6-2-3-7-16(15)28-13/h2-9,13H,10-11H2,1H3,(H,22,25). The Morgan fingerprint density at radius 3 is 2.97 bits per heavy atom. The summed E-state index contributed by atoms with van der Waals surface area (Å²) in [5, 5.41) is 3.30. The van der Waals surface area contributed by atoms with Crippen LogP contribution in [-0.4, -0.2) is 34.5 Å². The molecule has 0 saturated carbocycles. The third-order valence-corrected chi connectivity index (χ3v) is 5.84. The Bertz CT molecular complexity index is 1310. The number of rotatable bonds is 3. The summed E-state index contributed by atoms with van der Waals surface area (Å²) in [5.74, 6) is 1.10. The van der Waals surface area contributed by atoms with E-state index in [1.54, 1.807) is 12.3 Å². The van der Waals surface area contributed by atoms with Gasteiger partial charge in [0.1, 0.15) is 23.2 Å². The second-order valence-electron chi connectivity index (χ2n) is 6.84. The van der Waals surface area contributed by atoms with Gasteiger partial charge in [-0.15, -0.1) is 11.3 Å². The van der Waals surface area contributed by atoms with Crippen molar-refractivity contribution in [1.29, 1.82) is 0 Å². The molecule has 3 aromatic heterocycles. The minimum absolute atomic E-state index is 0.176. The summed E-state index contributed by atoms with van der Waals surface area (Å²) in [5.41, 5.74) is 1.33. The van der Waals surface area contributed by atoms with Crippen LogP contribution in [0.2, 0.25) is 0 Å². The average molecular weight is 407 g/mol. The van der Waals surface area contributed by atoms with Gasteiger partial charge in [0.15, 0.2) is 11.5 Å². The number of thiophene rings is 1. The lowest BCUT2D eigenvalue weighted by Gasteiger charge is -2.26. The van der Waals surface area contributed by atoms with Crippen LogP contribution in [-0.2, 0) is 0 Å². The van der Waals surface area contributed by atoms with Gasteiger partial charge in [-0.25, -0.2) is 4.98 Å². The summed E-state index contributed by atoms with van der Waals surface area (Å²) in [6, 6.07) is 12.7. The minimum Gasteiger partial charge on any atom is -0.486 e. The summed E-state index contributed by atoms with van der Waals surface area (Å²) >= 11 is 1.21. The maximum absolute atomic E-state index is 12.8. The molecule has 1 aliphatic rings. The zero-order valence-corrected chi connectivity index (χ0v) is 16.4. The maximum atomic E-state index is 12.8. The van der Waals surface area contributed by atoms with E-state index in [2.05, 4.69) is 10.3 Å². The van der Waals surface area contributed by atoms with E-state index in [1.807, 2.05) is 43.3 Å². The first-order valence-electron chi connectivity index (χ1n) is 9.18. The highest BCUT2D eigenvalue weighted by molar-refractivity contribution is 7.20. The Labute approximate surface area is 169 Å². The van der Waals surface area contributed by atoms with Crippen molar-refractivity contribution in [1.82, 2.24) is 14.7 Å². The fourth-order valence-corrected chi connectivity index (χ4v) is 4.27. The number of aryl methyl sites for hydroxylation is 1. The zero-order valence-electron chi connectivity index (χ0n) is 15.5. The molecule has 1 atom stereocenters. The van der Waals surface area contributed by atoms with Gasteiger partial charge in [-0.3, -0.25) is 14.0 Å². The van der Waals surface area contributed by atoms with E-state index in [9.17, 15) is 9.59 Å². The average Bonchev–Trinajstić information content (AvgIpc) is 3.18. The molecule has 1 amide bonds. The molecule has 1 N–H and O–H groups in total. The Morgan fingerprint density at radius 1 is 1.28 bits per heavy atom. The Kier molecular flexibility index (Phi) is 4.21. The van der Waals surface area contributed by atoms with Crippen LogP contribution in [0.5, 0.6) is 11.5 Å². The molecule has 0 radical (unpaired) electrons. The van der Waals surface area contributed by atoms with Crippen molar-refractivity contribution in [3.05, 3.63) is 69.5 Å². The summed E-state index contributed by atoms with van der Waals surface area (Å²) < 4.78 is 13.0. The fraction of sp³-hybridized carbons (Fsp3) is 0.190. The zero-order chi connectivity index (χ0) is 20.0. The number of fused-ring (bicyclic) bond motifs is 3. The van der Waals surface area contributed by atoms with Gasteiger partial charge in [0.2, 0.25) is 0 Å². The van der Waals surface area contributed by atoms with Gasteiger partial charge in [-0.1, -0.05) is 18.2 Å². The molecule has 29 heavy (non-hydrogen) atoms. The van der Waals surface area contributed by atoms with Crippen LogP contribution < -0.4 is 20.3 Å². The molecule has 4 aromatic rings. The first-order chi connectivity index (χ1) is 14.1. The molecule has 0 fully saturated rings. The number of aromatic nitrogens is 2. The van der Waals surface area contributed by atoms with Crippen LogP contribution in [0.25, 0.3) is 15.9 Å². The van der Waals surface area contributed by atoms with Gasteiger partial charge < -0.3 is 14.8 Å². The number of benzene rings is 1. The molecule has 0 bridgehead atoms. The predicted molar refractivity (Wildman–Crippen MR) is 110 cm³/mol. The lowest BCUT2D eigenvalue weighted by Crippen LogP contribution is -2.40. The predicted octanol–water partition coefficient (Wildman–Crippen LogP) is 2.79. The largest absolute Gasteiger partial charge is 0.486 e. The topological polar surface area (TPSA) is 81.9 Å². The summed E-state index contributed by atoms with van der Waals surface area (Å²) in [4.78, 5) is 31.0. The monoisotopic (exact) mass is 407 g/mol. The van der Waals surface area contributed by atoms with E-state index in [4.69, 9.17) is 9.47 Å². The Balaban J connectivity index is 1.36. The maximum Gasteiger partial charge on any atom is 0.266 e. The van der Waals surface area contributed by atoms with Crippen molar-refractivity contribution in [2.24, 2.45) is 0 Å². The molecular weight excluding hydrogens is 390 g/mol. The van der Waals surface area contributed by atoms with Crippen molar-refractivity contribution in [3.63, 3.8) is 0 Å². The number of carbonyl (C=O) groups excluding carboxylic acids is 1. The molecule has 0 spiro atoms. The minimum atomic E-state index is -0.280. The summed E-state index contributed by atoms with van der Waals surface area (Å²) in [6.07, 6.45) is 1.41. The molecule has 8 heteroatoms. The van der Waals surface area contributed by atoms with E-state index < -0.39 is 0 Å². The van der Waals surface area contributed by atoms with Gasteiger partial charge >= 0.3 is 0 Å². The van der Waals surface area contributed by atoms with Gasteiger partial charge in [0.05, 0.1) is 16.8 Å². The number of amides is 1. The lowest BCUT2D eigenvalue weighted by molar-refractivity contribution is 0.0791. The van der Waals surface area contributed by atoms with Crippen LogP contribution in [0.1, 0.15) is 15.2 Å². The first-order valence-corrected chi connectivity index (χ1v) is 10.00. The number of carbonyl (C=O) groups is 1. The van der Waals surface area contributed by atoms with Gasteiger partial charge in [0.25, 0.3) is 11.5 Å². The third kappa shape index (κ3) is 3.11. The quantitative estimate of drug-likeness (QED) is 0.565. The second-order valence-corrected chi connectivity index (χ2v) is 7.87. The first kappa shape index (κ1) is 17.7. The molecule has 7 nitrogen and oxygen atoms in total. The summed E-state index contributed by atoms with van der Waals surface area (Å²) in [6.45, 7) is 2.56. The number of ether oxygens (including phenoxy) is 2. The molecule has 4 heterocycles. The number of hydrogen-bond acceptors (Lipinski definition) is 6. The number of hydrogen-bond donors (Lipinski definition) is 1. The Morgan fingerprint density at radius 2 is 2.10 bits per heavy atom. The third-order valence-electron chi connectivity index (χ3n) is 4.81. The highest BCUT2D eigenvalue weighted by atomic mass is 32.1. The van der Waals surface area contributed by atoms with E-state index in [0.717, 1.165) is 5.56 Å². The molecule has 5 rings (SSSR count). The molecule has 1 unspecified atom stereocenters. The molecular formula is C21H17N3O4S. The number of pyridine rings is 1. The van der Waals surface area contributed by atoms with Crippen molar-refractivity contribution in [2.45, 2.75) is 13.0 Å².